The molecule has 0 atom stereocenters. The third-order valence-corrected chi connectivity index (χ3v) is 9.57. The van der Waals surface area contributed by atoms with E-state index in [2.05, 4.69) is 0 Å². The second-order valence-electron chi connectivity index (χ2n) is 8.74. The van der Waals surface area contributed by atoms with Gasteiger partial charge in [0, 0.05) is 40.5 Å². The molecule has 1 aromatic carbocycles. The molecule has 0 N–H and O–H groups in total. The van der Waals surface area contributed by atoms with E-state index < -0.39 is 77.8 Å². The molecule has 0 amide bonds. The fourth-order valence-electron chi connectivity index (χ4n) is 3.00. The number of benzene rings is 1. The van der Waals surface area contributed by atoms with Gasteiger partial charge in [0.25, 0.3) is 23.9 Å². The fourth-order valence-corrected chi connectivity index (χ4v) is 7.16. The molecule has 1 aromatic rings. The summed E-state index contributed by atoms with van der Waals surface area (Å²) < 4.78 is 81.2. The number of methoxy groups -OCH3 is 1. The van der Waals surface area contributed by atoms with Crippen molar-refractivity contribution >= 4 is 41.0 Å². The molecule has 9 nitrogen and oxygen atoms in total. The van der Waals surface area contributed by atoms with Crippen LogP contribution in [0.3, 0.4) is 0 Å². The van der Waals surface area contributed by atoms with Crippen molar-refractivity contribution in [3.05, 3.63) is 30.3 Å². The Kier molecular flexibility index (Phi) is 13.7. The molecule has 0 aliphatic heterocycles. The van der Waals surface area contributed by atoms with Gasteiger partial charge in [-0.3, -0.25) is 19.2 Å². The predicted molar refractivity (Wildman–Crippen MR) is 132 cm³/mol. The van der Waals surface area contributed by atoms with E-state index >= 15 is 0 Å². The lowest BCUT2D eigenvalue weighted by molar-refractivity contribution is -0.211. The summed E-state index contributed by atoms with van der Waals surface area (Å²) in [6.45, 7) is 6.51. The van der Waals surface area contributed by atoms with Gasteiger partial charge in [0.2, 0.25) is 8.32 Å². The van der Waals surface area contributed by atoms with E-state index in [0.29, 0.717) is 0 Å². The molecule has 38 heavy (non-hydrogen) atoms. The van der Waals surface area contributed by atoms with Gasteiger partial charge in [0.1, 0.15) is 5.75 Å². The van der Waals surface area contributed by atoms with E-state index in [4.69, 9.17) is 22.4 Å². The topological polar surface area (TPSA) is 114 Å². The summed E-state index contributed by atoms with van der Waals surface area (Å²) in [4.78, 5) is 44.9. The lowest BCUT2D eigenvalue weighted by atomic mass is 10.1. The van der Waals surface area contributed by atoms with Crippen LogP contribution in [0.5, 0.6) is 5.75 Å². The number of ether oxygens (including phenoxy) is 1. The van der Waals surface area contributed by atoms with Crippen LogP contribution in [0, 0.1) is 0 Å². The van der Waals surface area contributed by atoms with Crippen LogP contribution in [0.2, 0.25) is 25.2 Å². The Morgan fingerprint density at radius 3 is 1.37 bits per heavy atom. The number of carbonyl (C=O) groups is 4. The molecule has 0 aromatic heterocycles. The van der Waals surface area contributed by atoms with Crippen LogP contribution in [0.25, 0.3) is 0 Å². The van der Waals surface area contributed by atoms with Crippen molar-refractivity contribution in [2.24, 2.45) is 0 Å². The quantitative estimate of drug-likeness (QED) is 0.243. The SMILES string of the molecule is CC(=O)O[Si](C)(C)CCC(F)(F)C(F)(F)CC[Si](OC(C)=O)(OC(C)=O)OC(C)=O.COc1ccccc1. The third kappa shape index (κ3) is 13.6. The molecule has 0 saturated heterocycles. The van der Waals surface area contributed by atoms with Crippen molar-refractivity contribution < 1.29 is 59.2 Å². The zero-order valence-electron chi connectivity index (χ0n) is 22.4. The Morgan fingerprint density at radius 1 is 0.684 bits per heavy atom. The van der Waals surface area contributed by atoms with Crippen LogP contribution < -0.4 is 4.74 Å². The summed E-state index contributed by atoms with van der Waals surface area (Å²) in [5.41, 5.74) is 0. The summed E-state index contributed by atoms with van der Waals surface area (Å²) in [6.07, 6.45) is -2.86. The minimum absolute atomic E-state index is 0.435. The van der Waals surface area contributed by atoms with E-state index in [1.165, 1.54) is 13.1 Å². The number of para-hydroxylation sites is 1. The molecule has 0 aliphatic rings. The third-order valence-electron chi connectivity index (χ3n) is 4.62. The van der Waals surface area contributed by atoms with Gasteiger partial charge in [0.15, 0.2) is 0 Å². The minimum atomic E-state index is -4.68. The maximum absolute atomic E-state index is 14.3. The molecule has 0 radical (unpaired) electrons. The summed E-state index contributed by atoms with van der Waals surface area (Å²) in [5.74, 6) is -12.2. The first-order valence-electron chi connectivity index (χ1n) is 11.4. The first kappa shape index (κ1) is 35.1. The van der Waals surface area contributed by atoms with Gasteiger partial charge in [-0.05, 0) is 31.3 Å². The van der Waals surface area contributed by atoms with Gasteiger partial charge in [-0.15, -0.1) is 0 Å². The smallest absolute Gasteiger partial charge is 0.520 e. The van der Waals surface area contributed by atoms with Crippen molar-refractivity contribution in [2.45, 2.75) is 77.6 Å². The van der Waals surface area contributed by atoms with Crippen molar-refractivity contribution in [1.82, 2.24) is 0 Å². The summed E-state index contributed by atoms with van der Waals surface area (Å²) in [6, 6.07) is 8.15. The van der Waals surface area contributed by atoms with Crippen LogP contribution in [0.15, 0.2) is 30.3 Å². The van der Waals surface area contributed by atoms with Gasteiger partial charge in [0.05, 0.1) is 13.2 Å². The Morgan fingerprint density at radius 2 is 1.05 bits per heavy atom. The Balaban J connectivity index is 0.00000144. The lowest BCUT2D eigenvalue weighted by Crippen LogP contribution is -2.51. The Hall–Kier alpha value is -2.95. The second-order valence-corrected chi connectivity index (χ2v) is 15.4. The largest absolute Gasteiger partial charge is 0.705 e. The predicted octanol–water partition coefficient (Wildman–Crippen LogP) is 5.13. The van der Waals surface area contributed by atoms with Crippen LogP contribution in [0.1, 0.15) is 40.5 Å². The van der Waals surface area contributed by atoms with Crippen LogP contribution in [0.4, 0.5) is 17.6 Å². The van der Waals surface area contributed by atoms with Crippen molar-refractivity contribution in [3.8, 4) is 5.75 Å². The van der Waals surface area contributed by atoms with Gasteiger partial charge in [-0.1, -0.05) is 18.2 Å². The summed E-state index contributed by atoms with van der Waals surface area (Å²) in [7, 11) is -5.96. The van der Waals surface area contributed by atoms with Crippen molar-refractivity contribution in [2.75, 3.05) is 7.11 Å². The van der Waals surface area contributed by atoms with Gasteiger partial charge in [-0.2, -0.15) is 17.6 Å². The molecule has 15 heteroatoms. The molecule has 1 rings (SSSR count). The number of alkyl halides is 4. The number of rotatable bonds is 12. The van der Waals surface area contributed by atoms with Crippen molar-refractivity contribution in [1.29, 1.82) is 0 Å². The summed E-state index contributed by atoms with van der Waals surface area (Å²) in [5, 5.41) is 0. The molecule has 0 spiro atoms. The Labute approximate surface area is 221 Å². The van der Waals surface area contributed by atoms with E-state index in [0.717, 1.165) is 33.4 Å². The number of halogens is 4. The first-order valence-corrected chi connectivity index (χ1v) is 16.4. The molecule has 0 aliphatic carbocycles. The first-order chi connectivity index (χ1) is 17.3. The number of carbonyl (C=O) groups excluding carboxylic acids is 4. The number of hydrogen-bond acceptors (Lipinski definition) is 9. The monoisotopic (exact) mass is 586 g/mol. The number of hydrogen-bond donors (Lipinski definition) is 0. The van der Waals surface area contributed by atoms with E-state index in [-0.39, 0.29) is 0 Å². The molecule has 0 unspecified atom stereocenters. The molecule has 0 heterocycles. The van der Waals surface area contributed by atoms with Crippen LogP contribution >= 0.6 is 0 Å². The highest BCUT2D eigenvalue weighted by Crippen LogP contribution is 2.43. The van der Waals surface area contributed by atoms with E-state index in [1.54, 1.807) is 7.11 Å². The molecular weight excluding hydrogens is 552 g/mol. The van der Waals surface area contributed by atoms with E-state index in [9.17, 15) is 36.7 Å². The lowest BCUT2D eigenvalue weighted by Gasteiger charge is -2.31. The molecule has 0 fully saturated rings. The fraction of sp³-hybridized carbons (Fsp3) is 0.565. The molecule has 0 saturated carbocycles. The standard InChI is InChI=1S/C16H26F4O8Si2.C7H8O/c1-11(21)25-29(5,6)9-7-15(17,18)16(19,20)8-10-30(26-12(2)22,27-13(3)23)28-14(4)24;1-8-7-5-3-2-4-6-7/h7-10H2,1-6H3;2-6H,1H3. The maximum atomic E-state index is 14.3. The highest BCUT2D eigenvalue weighted by Gasteiger charge is 2.60. The molecular formula is C23H34F4O9Si2. The average molecular weight is 587 g/mol. The van der Waals surface area contributed by atoms with Gasteiger partial charge >= 0.3 is 20.6 Å². The Bertz CT molecular complexity index is 903. The normalized spacial score (nSPS) is 11.9. The van der Waals surface area contributed by atoms with E-state index in [1.807, 2.05) is 30.3 Å². The van der Waals surface area contributed by atoms with Crippen LogP contribution in [-0.2, 0) is 36.9 Å². The van der Waals surface area contributed by atoms with Gasteiger partial charge < -0.3 is 22.4 Å². The maximum Gasteiger partial charge on any atom is 0.705 e. The molecule has 0 bridgehead atoms. The highest BCUT2D eigenvalue weighted by atomic mass is 28.4. The highest BCUT2D eigenvalue weighted by molar-refractivity contribution is 6.72. The second kappa shape index (κ2) is 14.9. The zero-order valence-corrected chi connectivity index (χ0v) is 24.4. The van der Waals surface area contributed by atoms with Crippen LogP contribution in [-0.4, -0.2) is 60.0 Å². The van der Waals surface area contributed by atoms with Gasteiger partial charge in [-0.25, -0.2) is 0 Å². The summed E-state index contributed by atoms with van der Waals surface area (Å²) >= 11 is 0. The minimum Gasteiger partial charge on any atom is -0.520 e. The zero-order chi connectivity index (χ0) is 29.8. The average Bonchev–Trinajstić information content (AvgIpc) is 2.75. The molecule has 216 valence electrons. The van der Waals surface area contributed by atoms with Crippen molar-refractivity contribution in [3.63, 3.8) is 0 Å².